The van der Waals surface area contributed by atoms with Crippen LogP contribution in [0, 0.1) is 5.92 Å². The van der Waals surface area contributed by atoms with E-state index >= 15 is 0 Å². The van der Waals surface area contributed by atoms with Crippen LogP contribution in [-0.2, 0) is 4.79 Å². The predicted molar refractivity (Wildman–Crippen MR) is 90.3 cm³/mol. The molecule has 2 N–H and O–H groups in total. The van der Waals surface area contributed by atoms with Crippen LogP contribution in [0.25, 0.3) is 0 Å². The number of nitrogens with one attached hydrogen (secondary N) is 1. The van der Waals surface area contributed by atoms with E-state index in [1.807, 2.05) is 0 Å². The van der Waals surface area contributed by atoms with Crippen LogP contribution in [0.1, 0.15) is 26.2 Å². The molecule has 0 aliphatic heterocycles. The molecule has 0 saturated heterocycles. The highest BCUT2D eigenvalue weighted by molar-refractivity contribution is 8.00. The Morgan fingerprint density at radius 2 is 2.14 bits per heavy atom. The third kappa shape index (κ3) is 7.41. The lowest BCUT2D eigenvalue weighted by molar-refractivity contribution is -0.118. The first kappa shape index (κ1) is 18.6. The zero-order chi connectivity index (χ0) is 15.7. The zero-order valence-electron chi connectivity index (χ0n) is 12.1. The van der Waals surface area contributed by atoms with Crippen molar-refractivity contribution in [2.45, 2.75) is 31.1 Å². The van der Waals surface area contributed by atoms with E-state index in [-0.39, 0.29) is 12.5 Å². The number of benzene rings is 1. The van der Waals surface area contributed by atoms with E-state index in [2.05, 4.69) is 12.2 Å². The molecule has 0 heterocycles. The largest absolute Gasteiger partial charge is 0.396 e. The molecule has 118 valence electrons. The van der Waals surface area contributed by atoms with Gasteiger partial charge in [-0.15, -0.1) is 11.8 Å². The molecule has 0 aliphatic rings. The van der Waals surface area contributed by atoms with Crippen LogP contribution in [0.15, 0.2) is 23.1 Å². The van der Waals surface area contributed by atoms with Crippen molar-refractivity contribution in [1.82, 2.24) is 5.32 Å². The minimum Gasteiger partial charge on any atom is -0.396 e. The van der Waals surface area contributed by atoms with Crippen molar-refractivity contribution in [3.8, 4) is 0 Å². The summed E-state index contributed by atoms with van der Waals surface area (Å²) in [6, 6.07) is 5.20. The SMILES string of the molecule is CCCC(CCO)CNC(=O)CSc1cc(Cl)ccc1Cl. The minimum atomic E-state index is -0.0323. The molecule has 0 aromatic heterocycles. The van der Waals surface area contributed by atoms with Gasteiger partial charge in [0, 0.05) is 23.1 Å². The lowest BCUT2D eigenvalue weighted by Gasteiger charge is -2.15. The van der Waals surface area contributed by atoms with Crippen LogP contribution in [0.3, 0.4) is 0 Å². The van der Waals surface area contributed by atoms with Gasteiger partial charge in [0.25, 0.3) is 0 Å². The van der Waals surface area contributed by atoms with Gasteiger partial charge in [-0.25, -0.2) is 0 Å². The Kier molecular flexibility index (Phi) is 9.16. The second kappa shape index (κ2) is 10.3. The number of carbonyl (C=O) groups excluding carboxylic acids is 1. The van der Waals surface area contributed by atoms with Crippen LogP contribution in [0.2, 0.25) is 10.0 Å². The van der Waals surface area contributed by atoms with Gasteiger partial charge in [-0.05, 0) is 37.0 Å². The summed E-state index contributed by atoms with van der Waals surface area (Å²) in [6.07, 6.45) is 2.78. The number of aliphatic hydroxyl groups is 1. The summed E-state index contributed by atoms with van der Waals surface area (Å²) in [4.78, 5) is 12.7. The molecule has 1 rings (SSSR count). The standard InChI is InChI=1S/C15H21Cl2NO2S/c1-2-3-11(6-7-19)9-18-15(20)10-21-14-8-12(16)4-5-13(14)17/h4-5,8,11,19H,2-3,6-7,9-10H2,1H3,(H,18,20). The topological polar surface area (TPSA) is 49.3 Å². The van der Waals surface area contributed by atoms with Gasteiger partial charge < -0.3 is 10.4 Å². The van der Waals surface area contributed by atoms with E-state index < -0.39 is 0 Å². The van der Waals surface area contributed by atoms with Gasteiger partial charge in [0.15, 0.2) is 0 Å². The number of hydrogen-bond donors (Lipinski definition) is 2. The number of hydrogen-bond acceptors (Lipinski definition) is 3. The maximum absolute atomic E-state index is 11.9. The monoisotopic (exact) mass is 349 g/mol. The minimum absolute atomic E-state index is 0.0323. The molecule has 0 saturated carbocycles. The number of halogens is 2. The first-order chi connectivity index (χ1) is 10.1. The van der Waals surface area contributed by atoms with Gasteiger partial charge >= 0.3 is 0 Å². The normalized spacial score (nSPS) is 12.2. The number of amides is 1. The molecular weight excluding hydrogens is 329 g/mol. The predicted octanol–water partition coefficient (Wildman–Crippen LogP) is 4.00. The molecule has 0 radical (unpaired) electrons. The van der Waals surface area contributed by atoms with Gasteiger partial charge in [0.05, 0.1) is 10.8 Å². The lowest BCUT2D eigenvalue weighted by atomic mass is 10.0. The lowest BCUT2D eigenvalue weighted by Crippen LogP contribution is -2.31. The van der Waals surface area contributed by atoms with Crippen LogP contribution in [0.5, 0.6) is 0 Å². The van der Waals surface area contributed by atoms with Gasteiger partial charge in [0.2, 0.25) is 5.91 Å². The number of thioether (sulfide) groups is 1. The van der Waals surface area contributed by atoms with E-state index in [9.17, 15) is 4.79 Å². The summed E-state index contributed by atoms with van der Waals surface area (Å²) in [5.41, 5.74) is 0. The van der Waals surface area contributed by atoms with Crippen molar-refractivity contribution >= 4 is 40.9 Å². The Morgan fingerprint density at radius 3 is 2.81 bits per heavy atom. The van der Waals surface area contributed by atoms with E-state index in [1.54, 1.807) is 18.2 Å². The van der Waals surface area contributed by atoms with Crippen molar-refractivity contribution in [1.29, 1.82) is 0 Å². The Hall–Kier alpha value is -0.420. The third-order valence-electron chi connectivity index (χ3n) is 3.07. The molecule has 0 spiro atoms. The van der Waals surface area contributed by atoms with Crippen molar-refractivity contribution in [2.24, 2.45) is 5.92 Å². The highest BCUT2D eigenvalue weighted by Crippen LogP contribution is 2.29. The van der Waals surface area contributed by atoms with Crippen LogP contribution < -0.4 is 5.32 Å². The summed E-state index contributed by atoms with van der Waals surface area (Å²) >= 11 is 13.3. The fourth-order valence-electron chi connectivity index (χ4n) is 1.98. The Bertz CT molecular complexity index is 451. The molecule has 0 bridgehead atoms. The molecule has 6 heteroatoms. The molecule has 1 unspecified atom stereocenters. The van der Waals surface area contributed by atoms with Gasteiger partial charge in [-0.1, -0.05) is 36.5 Å². The van der Waals surface area contributed by atoms with Crippen molar-refractivity contribution in [3.05, 3.63) is 28.2 Å². The van der Waals surface area contributed by atoms with Gasteiger partial charge in [-0.2, -0.15) is 0 Å². The van der Waals surface area contributed by atoms with E-state index in [4.69, 9.17) is 28.3 Å². The molecular formula is C15H21Cl2NO2S. The average Bonchev–Trinajstić information content (AvgIpc) is 2.46. The second-order valence-electron chi connectivity index (χ2n) is 4.83. The second-order valence-corrected chi connectivity index (χ2v) is 6.70. The zero-order valence-corrected chi connectivity index (χ0v) is 14.4. The molecule has 1 aromatic carbocycles. The fraction of sp³-hybridized carbons (Fsp3) is 0.533. The molecule has 21 heavy (non-hydrogen) atoms. The maximum atomic E-state index is 11.9. The molecule has 1 atom stereocenters. The Labute approximate surface area is 140 Å². The van der Waals surface area contributed by atoms with Crippen LogP contribution in [-0.4, -0.2) is 29.9 Å². The third-order valence-corrected chi connectivity index (χ3v) is 4.81. The summed E-state index contributed by atoms with van der Waals surface area (Å²) in [5, 5.41) is 13.1. The molecule has 1 amide bonds. The summed E-state index contributed by atoms with van der Waals surface area (Å²) < 4.78 is 0. The fourth-order valence-corrected chi connectivity index (χ4v) is 3.30. The number of carbonyl (C=O) groups is 1. The van der Waals surface area contributed by atoms with E-state index in [0.29, 0.717) is 28.3 Å². The van der Waals surface area contributed by atoms with Crippen molar-refractivity contribution in [3.63, 3.8) is 0 Å². The first-order valence-corrected chi connectivity index (χ1v) is 8.76. The van der Waals surface area contributed by atoms with E-state index in [0.717, 1.165) is 24.2 Å². The highest BCUT2D eigenvalue weighted by Gasteiger charge is 2.10. The first-order valence-electron chi connectivity index (χ1n) is 7.02. The van der Waals surface area contributed by atoms with Crippen molar-refractivity contribution < 1.29 is 9.90 Å². The summed E-state index contributed by atoms with van der Waals surface area (Å²) in [5.74, 6) is 0.608. The molecule has 1 aromatic rings. The molecule has 0 aliphatic carbocycles. The Morgan fingerprint density at radius 1 is 1.38 bits per heavy atom. The Balaban J connectivity index is 2.38. The van der Waals surface area contributed by atoms with Gasteiger partial charge in [0.1, 0.15) is 0 Å². The molecule has 3 nitrogen and oxygen atoms in total. The van der Waals surface area contributed by atoms with Crippen LogP contribution >= 0.6 is 35.0 Å². The summed E-state index contributed by atoms with van der Waals surface area (Å²) in [6.45, 7) is 2.87. The number of rotatable bonds is 9. The average molecular weight is 350 g/mol. The van der Waals surface area contributed by atoms with Crippen LogP contribution in [0.4, 0.5) is 0 Å². The maximum Gasteiger partial charge on any atom is 0.230 e. The van der Waals surface area contributed by atoms with E-state index in [1.165, 1.54) is 11.8 Å². The highest BCUT2D eigenvalue weighted by atomic mass is 35.5. The smallest absolute Gasteiger partial charge is 0.230 e. The molecule has 0 fully saturated rings. The van der Waals surface area contributed by atoms with Crippen molar-refractivity contribution in [2.75, 3.05) is 18.9 Å². The summed E-state index contributed by atoms with van der Waals surface area (Å²) in [7, 11) is 0. The van der Waals surface area contributed by atoms with Gasteiger partial charge in [-0.3, -0.25) is 4.79 Å². The number of aliphatic hydroxyl groups excluding tert-OH is 1. The quantitative estimate of drug-likeness (QED) is 0.662.